The predicted molar refractivity (Wildman–Crippen MR) is 149 cm³/mol. The number of furan rings is 1. The van der Waals surface area contributed by atoms with Crippen molar-refractivity contribution in [3.05, 3.63) is 127 Å². The third-order valence-electron chi connectivity index (χ3n) is 6.25. The van der Waals surface area contributed by atoms with Crippen molar-refractivity contribution in [2.24, 2.45) is 0 Å². The van der Waals surface area contributed by atoms with Crippen molar-refractivity contribution in [3.63, 3.8) is 0 Å². The van der Waals surface area contributed by atoms with Gasteiger partial charge in [-0.2, -0.15) is 0 Å². The Balaban J connectivity index is 0.000000179. The van der Waals surface area contributed by atoms with Crippen LogP contribution in [0.15, 0.2) is 108 Å². The summed E-state index contributed by atoms with van der Waals surface area (Å²) in [5.41, 5.74) is 7.64. The largest absolute Gasteiger partial charge is 0.500 e. The first-order valence-corrected chi connectivity index (χ1v) is 12.1. The van der Waals surface area contributed by atoms with Gasteiger partial charge in [0.2, 0.25) is 0 Å². The summed E-state index contributed by atoms with van der Waals surface area (Å²) in [5.74, 6) is 0. The van der Waals surface area contributed by atoms with E-state index < -0.39 is 0 Å². The Hall–Kier alpha value is -4.18. The van der Waals surface area contributed by atoms with Crippen LogP contribution in [0.4, 0.5) is 0 Å². The Morgan fingerprint density at radius 1 is 0.658 bits per heavy atom. The Bertz CT molecular complexity index is 1830. The molecule has 0 spiro atoms. The van der Waals surface area contributed by atoms with E-state index in [2.05, 4.69) is 51.4 Å². The topological polar surface area (TPSA) is 51.8 Å². The van der Waals surface area contributed by atoms with Gasteiger partial charge in [-0.1, -0.05) is 47.3 Å². The van der Waals surface area contributed by atoms with Gasteiger partial charge in [0.15, 0.2) is 0 Å². The second-order valence-electron chi connectivity index (χ2n) is 8.90. The molecule has 0 saturated carbocycles. The number of hydrogen-bond acceptors (Lipinski definition) is 4. The summed E-state index contributed by atoms with van der Waals surface area (Å²) < 4.78 is 6.28. The zero-order valence-electron chi connectivity index (χ0n) is 20.9. The van der Waals surface area contributed by atoms with Crippen molar-refractivity contribution in [2.75, 3.05) is 0 Å². The molecule has 1 radical (unpaired) electrons. The molecule has 0 aliphatic rings. The predicted octanol–water partition coefficient (Wildman–Crippen LogP) is 8.16. The fourth-order valence-corrected chi connectivity index (χ4v) is 4.41. The molecule has 0 fully saturated rings. The number of nitrogens with zero attached hydrogens (tertiary/aromatic N) is 3. The third kappa shape index (κ3) is 4.99. The molecule has 0 aliphatic carbocycles. The van der Waals surface area contributed by atoms with Crippen LogP contribution in [0.2, 0.25) is 0 Å². The summed E-state index contributed by atoms with van der Waals surface area (Å²) >= 11 is 0. The fourth-order valence-electron chi connectivity index (χ4n) is 4.41. The molecule has 4 nitrogen and oxygen atoms in total. The maximum atomic E-state index is 6.28. The normalized spacial score (nSPS) is 10.7. The van der Waals surface area contributed by atoms with E-state index in [0.717, 1.165) is 60.9 Å². The minimum absolute atomic E-state index is 0. The molecule has 0 unspecified atom stereocenters. The second kappa shape index (κ2) is 11.1. The first-order chi connectivity index (χ1) is 18.2. The zero-order valence-corrected chi connectivity index (χ0v) is 23.3. The molecule has 0 bridgehead atoms. The molecule has 38 heavy (non-hydrogen) atoms. The molecule has 0 aliphatic heterocycles. The number of rotatable bonds is 2. The Kier molecular flexibility index (Phi) is 7.41. The molecule has 7 rings (SSSR count). The molecule has 5 heteroatoms. The van der Waals surface area contributed by atoms with Gasteiger partial charge in [0.25, 0.3) is 0 Å². The summed E-state index contributed by atoms with van der Waals surface area (Å²) in [4.78, 5) is 13.2. The summed E-state index contributed by atoms with van der Waals surface area (Å²) in [7, 11) is 0. The molecule has 0 atom stereocenters. The van der Waals surface area contributed by atoms with Gasteiger partial charge in [-0.05, 0) is 48.3 Å². The number of benzene rings is 3. The van der Waals surface area contributed by atoms with Crippen LogP contribution in [0, 0.1) is 26.0 Å². The van der Waals surface area contributed by atoms with E-state index in [1.807, 2.05) is 86.9 Å². The van der Waals surface area contributed by atoms with E-state index in [1.165, 1.54) is 5.56 Å². The van der Waals surface area contributed by atoms with Crippen LogP contribution in [0.3, 0.4) is 0 Å². The Labute approximate surface area is 234 Å². The van der Waals surface area contributed by atoms with E-state index in [0.29, 0.717) is 0 Å². The van der Waals surface area contributed by atoms with Crippen LogP contribution in [0.1, 0.15) is 11.3 Å². The number of fused-ring (bicyclic) bond motifs is 5. The first kappa shape index (κ1) is 25.5. The van der Waals surface area contributed by atoms with Gasteiger partial charge in [-0.25, -0.2) is 0 Å². The van der Waals surface area contributed by atoms with Gasteiger partial charge in [0.05, 0.1) is 5.58 Å². The maximum absolute atomic E-state index is 6.28. The van der Waals surface area contributed by atoms with Gasteiger partial charge in [0.1, 0.15) is 5.58 Å². The molecule has 187 valence electrons. The van der Waals surface area contributed by atoms with E-state index >= 15 is 0 Å². The van der Waals surface area contributed by atoms with Gasteiger partial charge in [0, 0.05) is 55.2 Å². The molecule has 4 heterocycles. The maximum Gasteiger partial charge on any atom is 0.130 e. The summed E-state index contributed by atoms with van der Waals surface area (Å²) in [6.07, 6.45) is 5.54. The SMILES string of the molecule is Cc1cc2ccc3c4cc[c-]c(-c5ccccn5)c4oc3c2cn1.Cc1ccc(-c2[c-]cccc2)nc1.[Ir]. The van der Waals surface area contributed by atoms with Crippen molar-refractivity contribution in [1.29, 1.82) is 0 Å². The standard InChI is InChI=1S/C21H13N2O.C12H10N.Ir/c1-13-11-14-8-9-16-15-5-4-6-17(19-7-2-3-10-22-19)20(15)24-21(16)18(14)12-23-13;1-10-7-8-12(13-9-10)11-5-3-2-4-6-11;/h2-5,7-12H,1H3;2-5,7-9H,1H3;/q2*-1;. The van der Waals surface area contributed by atoms with E-state index in [9.17, 15) is 0 Å². The molecule has 4 aromatic heterocycles. The zero-order chi connectivity index (χ0) is 25.2. The van der Waals surface area contributed by atoms with Gasteiger partial charge in [-0.3, -0.25) is 4.98 Å². The monoisotopic (exact) mass is 670 g/mol. The van der Waals surface area contributed by atoms with Gasteiger partial charge < -0.3 is 14.4 Å². The van der Waals surface area contributed by atoms with Crippen LogP contribution in [0.25, 0.3) is 55.2 Å². The molecule has 3 aromatic carbocycles. The summed E-state index contributed by atoms with van der Waals surface area (Å²) in [5, 5.41) is 4.33. The van der Waals surface area contributed by atoms with Gasteiger partial charge >= 0.3 is 0 Å². The van der Waals surface area contributed by atoms with E-state index in [4.69, 9.17) is 4.42 Å². The van der Waals surface area contributed by atoms with Crippen LogP contribution < -0.4 is 0 Å². The number of aryl methyl sites for hydroxylation is 2. The molecule has 7 aromatic rings. The number of aromatic nitrogens is 3. The third-order valence-corrected chi connectivity index (χ3v) is 6.25. The van der Waals surface area contributed by atoms with Crippen LogP contribution in [-0.2, 0) is 20.1 Å². The van der Waals surface area contributed by atoms with Crippen molar-refractivity contribution >= 4 is 32.7 Å². The van der Waals surface area contributed by atoms with Crippen LogP contribution >= 0.6 is 0 Å². The molecule has 0 N–H and O–H groups in total. The summed E-state index contributed by atoms with van der Waals surface area (Å²) in [6, 6.07) is 34.5. The van der Waals surface area contributed by atoms with Crippen molar-refractivity contribution in [3.8, 4) is 22.5 Å². The molecular formula is C33H23IrN3O-2. The van der Waals surface area contributed by atoms with Crippen LogP contribution in [0.5, 0.6) is 0 Å². The molecule has 0 saturated heterocycles. The van der Waals surface area contributed by atoms with Crippen molar-refractivity contribution < 1.29 is 24.5 Å². The Morgan fingerprint density at radius 2 is 1.53 bits per heavy atom. The minimum Gasteiger partial charge on any atom is -0.500 e. The quantitative estimate of drug-likeness (QED) is 0.174. The van der Waals surface area contributed by atoms with E-state index in [-0.39, 0.29) is 20.1 Å². The average molecular weight is 670 g/mol. The Morgan fingerprint density at radius 3 is 2.29 bits per heavy atom. The minimum atomic E-state index is 0. The van der Waals surface area contributed by atoms with Gasteiger partial charge in [-0.15, -0.1) is 54.1 Å². The molecule has 0 amide bonds. The van der Waals surface area contributed by atoms with E-state index in [1.54, 1.807) is 6.20 Å². The van der Waals surface area contributed by atoms with Crippen molar-refractivity contribution in [1.82, 2.24) is 15.0 Å². The fraction of sp³-hybridized carbons (Fsp3) is 0.0606. The molecular weight excluding hydrogens is 647 g/mol. The average Bonchev–Trinajstić information content (AvgIpc) is 3.34. The second-order valence-corrected chi connectivity index (χ2v) is 8.90. The first-order valence-electron chi connectivity index (χ1n) is 12.1. The van der Waals surface area contributed by atoms with Crippen LogP contribution in [-0.4, -0.2) is 15.0 Å². The smallest absolute Gasteiger partial charge is 0.130 e. The summed E-state index contributed by atoms with van der Waals surface area (Å²) in [6.45, 7) is 4.03. The number of hydrogen-bond donors (Lipinski definition) is 0. The number of pyridine rings is 3. The van der Waals surface area contributed by atoms with Crippen molar-refractivity contribution in [2.45, 2.75) is 13.8 Å².